The van der Waals surface area contributed by atoms with E-state index < -0.39 is 10.0 Å². The fourth-order valence-electron chi connectivity index (χ4n) is 3.23. The number of halogens is 1. The van der Waals surface area contributed by atoms with Crippen molar-refractivity contribution in [3.8, 4) is 0 Å². The van der Waals surface area contributed by atoms with Gasteiger partial charge < -0.3 is 5.32 Å². The standard InChI is InChI=1S/C20H20FN3O2S/c1-14-4-6-16(13-18(14)21)22-20-9-5-15-12-17(7-8-19(15)23-20)27(25,26)24-10-2-3-11-24/h4-9,12-13H,2-3,10-11H2,1H3,(H,22,23). The smallest absolute Gasteiger partial charge is 0.243 e. The summed E-state index contributed by atoms with van der Waals surface area (Å²) in [6, 6.07) is 13.4. The van der Waals surface area contributed by atoms with E-state index in [0.29, 0.717) is 40.6 Å². The summed E-state index contributed by atoms with van der Waals surface area (Å²) in [6.45, 7) is 2.87. The van der Waals surface area contributed by atoms with Crippen LogP contribution >= 0.6 is 0 Å². The Morgan fingerprint density at radius 1 is 1.04 bits per heavy atom. The minimum atomic E-state index is -3.45. The second kappa shape index (κ2) is 6.90. The first-order chi connectivity index (χ1) is 12.9. The zero-order valence-corrected chi connectivity index (χ0v) is 15.8. The van der Waals surface area contributed by atoms with E-state index in [1.54, 1.807) is 43.3 Å². The topological polar surface area (TPSA) is 62.3 Å². The van der Waals surface area contributed by atoms with Gasteiger partial charge in [-0.25, -0.2) is 17.8 Å². The second-order valence-corrected chi connectivity index (χ2v) is 8.69. The van der Waals surface area contributed by atoms with Gasteiger partial charge in [0.1, 0.15) is 11.6 Å². The molecule has 4 rings (SSSR count). The van der Waals surface area contributed by atoms with Crippen LogP contribution in [0, 0.1) is 12.7 Å². The molecule has 140 valence electrons. The molecule has 0 aliphatic carbocycles. The van der Waals surface area contributed by atoms with Crippen molar-refractivity contribution in [2.75, 3.05) is 18.4 Å². The minimum absolute atomic E-state index is 0.280. The molecule has 2 heterocycles. The maximum absolute atomic E-state index is 13.7. The van der Waals surface area contributed by atoms with Gasteiger partial charge in [-0.05, 0) is 67.8 Å². The molecule has 0 unspecified atom stereocenters. The van der Waals surface area contributed by atoms with E-state index in [-0.39, 0.29) is 5.82 Å². The highest BCUT2D eigenvalue weighted by atomic mass is 32.2. The number of benzene rings is 2. The van der Waals surface area contributed by atoms with Gasteiger partial charge >= 0.3 is 0 Å². The first kappa shape index (κ1) is 17.9. The Hall–Kier alpha value is -2.51. The van der Waals surface area contributed by atoms with Gasteiger partial charge in [-0.15, -0.1) is 0 Å². The van der Waals surface area contributed by atoms with Crippen LogP contribution < -0.4 is 5.32 Å². The van der Waals surface area contributed by atoms with E-state index in [9.17, 15) is 12.8 Å². The lowest BCUT2D eigenvalue weighted by molar-refractivity contribution is 0.477. The number of sulfonamides is 1. The van der Waals surface area contributed by atoms with Gasteiger partial charge in [-0.1, -0.05) is 6.07 Å². The van der Waals surface area contributed by atoms with E-state index in [0.717, 1.165) is 18.2 Å². The molecule has 0 amide bonds. The molecule has 0 bridgehead atoms. The average molecular weight is 385 g/mol. The molecule has 0 atom stereocenters. The van der Waals surface area contributed by atoms with E-state index in [4.69, 9.17) is 0 Å². The summed E-state index contributed by atoms with van der Waals surface area (Å²) in [5.41, 5.74) is 1.87. The zero-order valence-electron chi connectivity index (χ0n) is 14.9. The molecule has 0 saturated carbocycles. The van der Waals surface area contributed by atoms with Crippen LogP contribution in [0.4, 0.5) is 15.9 Å². The largest absolute Gasteiger partial charge is 0.340 e. The number of hydrogen-bond donors (Lipinski definition) is 1. The summed E-state index contributed by atoms with van der Waals surface area (Å²) in [6.07, 6.45) is 1.81. The molecule has 0 spiro atoms. The van der Waals surface area contributed by atoms with Gasteiger partial charge in [-0.3, -0.25) is 0 Å². The molecule has 0 radical (unpaired) electrons. The van der Waals surface area contributed by atoms with Gasteiger partial charge in [-0.2, -0.15) is 4.31 Å². The predicted octanol–water partition coefficient (Wildman–Crippen LogP) is 4.21. The van der Waals surface area contributed by atoms with E-state index in [1.165, 1.54) is 10.4 Å². The lowest BCUT2D eigenvalue weighted by Crippen LogP contribution is -2.27. The Morgan fingerprint density at radius 3 is 2.56 bits per heavy atom. The molecule has 27 heavy (non-hydrogen) atoms. The molecule has 1 aliphatic heterocycles. The lowest BCUT2D eigenvalue weighted by Gasteiger charge is -2.16. The van der Waals surface area contributed by atoms with Crippen LogP contribution in [0.2, 0.25) is 0 Å². The van der Waals surface area contributed by atoms with Gasteiger partial charge in [0.2, 0.25) is 10.0 Å². The third kappa shape index (κ3) is 3.52. The van der Waals surface area contributed by atoms with Crippen LogP contribution in [-0.2, 0) is 10.0 Å². The maximum atomic E-state index is 13.7. The molecular formula is C20H20FN3O2S. The van der Waals surface area contributed by atoms with Crippen LogP contribution in [0.15, 0.2) is 53.4 Å². The maximum Gasteiger partial charge on any atom is 0.243 e. The second-order valence-electron chi connectivity index (χ2n) is 6.75. The van der Waals surface area contributed by atoms with Crippen molar-refractivity contribution in [1.82, 2.24) is 9.29 Å². The summed E-state index contributed by atoms with van der Waals surface area (Å²) in [7, 11) is -3.45. The highest BCUT2D eigenvalue weighted by Crippen LogP contribution is 2.26. The number of anilines is 2. The van der Waals surface area contributed by atoms with Crippen LogP contribution in [0.25, 0.3) is 10.9 Å². The number of pyridine rings is 1. The number of fused-ring (bicyclic) bond motifs is 1. The Morgan fingerprint density at radius 2 is 1.81 bits per heavy atom. The van der Waals surface area contributed by atoms with Gasteiger partial charge in [0.25, 0.3) is 0 Å². The third-order valence-electron chi connectivity index (χ3n) is 4.81. The molecule has 1 aromatic heterocycles. The molecule has 2 aromatic carbocycles. The van der Waals surface area contributed by atoms with Crippen molar-refractivity contribution >= 4 is 32.4 Å². The van der Waals surface area contributed by atoms with E-state index in [2.05, 4.69) is 10.3 Å². The number of aryl methyl sites for hydroxylation is 1. The van der Waals surface area contributed by atoms with Crippen molar-refractivity contribution < 1.29 is 12.8 Å². The molecule has 3 aromatic rings. The molecule has 1 N–H and O–H groups in total. The zero-order chi connectivity index (χ0) is 19.0. The van der Waals surface area contributed by atoms with Crippen molar-refractivity contribution in [2.45, 2.75) is 24.7 Å². The van der Waals surface area contributed by atoms with Crippen LogP contribution in [0.3, 0.4) is 0 Å². The van der Waals surface area contributed by atoms with Crippen molar-refractivity contribution in [2.24, 2.45) is 0 Å². The van der Waals surface area contributed by atoms with Crippen molar-refractivity contribution in [3.63, 3.8) is 0 Å². The molecule has 1 aliphatic rings. The van der Waals surface area contributed by atoms with Gasteiger partial charge in [0.15, 0.2) is 0 Å². The number of aromatic nitrogens is 1. The van der Waals surface area contributed by atoms with Crippen molar-refractivity contribution in [3.05, 3.63) is 59.9 Å². The average Bonchev–Trinajstić information content (AvgIpc) is 3.20. The van der Waals surface area contributed by atoms with Crippen molar-refractivity contribution in [1.29, 1.82) is 0 Å². The summed E-state index contributed by atoms with van der Waals surface area (Å²) in [4.78, 5) is 4.79. The summed E-state index contributed by atoms with van der Waals surface area (Å²) < 4.78 is 40.6. The van der Waals surface area contributed by atoms with E-state index >= 15 is 0 Å². The fraction of sp³-hybridized carbons (Fsp3) is 0.250. The molecule has 7 heteroatoms. The number of nitrogens with zero attached hydrogens (tertiary/aromatic N) is 2. The fourth-order valence-corrected chi connectivity index (χ4v) is 4.78. The van der Waals surface area contributed by atoms with Crippen LogP contribution in [-0.4, -0.2) is 30.8 Å². The number of hydrogen-bond acceptors (Lipinski definition) is 4. The quantitative estimate of drug-likeness (QED) is 0.731. The molecule has 5 nitrogen and oxygen atoms in total. The lowest BCUT2D eigenvalue weighted by atomic mass is 10.2. The molecule has 1 saturated heterocycles. The first-order valence-corrected chi connectivity index (χ1v) is 10.3. The summed E-state index contributed by atoms with van der Waals surface area (Å²) >= 11 is 0. The van der Waals surface area contributed by atoms with Crippen LogP contribution in [0.5, 0.6) is 0 Å². The predicted molar refractivity (Wildman–Crippen MR) is 104 cm³/mol. The van der Waals surface area contributed by atoms with Gasteiger partial charge in [0, 0.05) is 24.2 Å². The SMILES string of the molecule is Cc1ccc(Nc2ccc3cc(S(=O)(=O)N4CCCC4)ccc3n2)cc1F. The third-order valence-corrected chi connectivity index (χ3v) is 6.70. The Kier molecular flexibility index (Phi) is 4.57. The summed E-state index contributed by atoms with van der Waals surface area (Å²) in [5.74, 6) is 0.290. The summed E-state index contributed by atoms with van der Waals surface area (Å²) in [5, 5.41) is 3.82. The molecular weight excluding hydrogens is 365 g/mol. The monoisotopic (exact) mass is 385 g/mol. The Labute approximate surface area is 157 Å². The highest BCUT2D eigenvalue weighted by molar-refractivity contribution is 7.89. The number of rotatable bonds is 4. The Balaban J connectivity index is 1.63. The normalized spacial score (nSPS) is 15.3. The first-order valence-electron chi connectivity index (χ1n) is 8.88. The molecule has 1 fully saturated rings. The minimum Gasteiger partial charge on any atom is -0.340 e. The highest BCUT2D eigenvalue weighted by Gasteiger charge is 2.27. The van der Waals surface area contributed by atoms with Crippen LogP contribution in [0.1, 0.15) is 18.4 Å². The number of nitrogens with one attached hydrogen (secondary N) is 1. The van der Waals surface area contributed by atoms with E-state index in [1.807, 2.05) is 6.07 Å². The van der Waals surface area contributed by atoms with Gasteiger partial charge in [0.05, 0.1) is 10.4 Å². The Bertz CT molecular complexity index is 1110.